The molecule has 1 aliphatic heterocycles. The van der Waals surface area contributed by atoms with E-state index in [-0.39, 0.29) is 0 Å². The Morgan fingerprint density at radius 1 is 1.50 bits per heavy atom. The summed E-state index contributed by atoms with van der Waals surface area (Å²) < 4.78 is 5.56. The molecule has 1 fully saturated rings. The minimum Gasteiger partial charge on any atom is -0.376 e. The van der Waals surface area contributed by atoms with Crippen LogP contribution in [0.2, 0.25) is 0 Å². The molecule has 4 nitrogen and oxygen atoms in total. The van der Waals surface area contributed by atoms with Crippen molar-refractivity contribution in [1.82, 2.24) is 10.2 Å². The number of nitrogens with one attached hydrogen (secondary N) is 1. The van der Waals surface area contributed by atoms with E-state index in [1.807, 2.05) is 6.92 Å². The van der Waals surface area contributed by atoms with Crippen molar-refractivity contribution in [2.24, 2.45) is 0 Å². The fourth-order valence-electron chi connectivity index (χ4n) is 2.74. The van der Waals surface area contributed by atoms with Gasteiger partial charge >= 0.3 is 0 Å². The Morgan fingerprint density at radius 2 is 2.17 bits per heavy atom. The molecule has 1 N–H and O–H groups in total. The molecule has 1 aliphatic rings. The number of hydrogen-bond acceptors (Lipinski definition) is 4. The van der Waals surface area contributed by atoms with E-state index in [0.717, 1.165) is 26.1 Å². The maximum atomic E-state index is 9.38. The standard InChI is InChI=1S/C14H27N3O/c1-11(2)16-14(5,10-15)8-12(3)17-6-7-18-13(4)9-17/h11-13,16H,6-9H2,1-5H3. The summed E-state index contributed by atoms with van der Waals surface area (Å²) in [6, 6.07) is 3.14. The molecule has 1 saturated heterocycles. The van der Waals surface area contributed by atoms with Gasteiger partial charge in [-0.05, 0) is 41.0 Å². The minimum atomic E-state index is -0.449. The lowest BCUT2D eigenvalue weighted by molar-refractivity contribution is -0.0348. The normalized spacial score (nSPS) is 26.6. The lowest BCUT2D eigenvalue weighted by Gasteiger charge is -2.38. The van der Waals surface area contributed by atoms with Crippen LogP contribution in [0, 0.1) is 11.3 Å². The Bertz CT molecular complexity index is 300. The van der Waals surface area contributed by atoms with Crippen molar-refractivity contribution in [2.75, 3.05) is 19.7 Å². The van der Waals surface area contributed by atoms with Gasteiger partial charge in [-0.25, -0.2) is 0 Å². The fourth-order valence-corrected chi connectivity index (χ4v) is 2.74. The van der Waals surface area contributed by atoms with Crippen LogP contribution in [-0.2, 0) is 4.74 Å². The zero-order valence-corrected chi connectivity index (χ0v) is 12.4. The van der Waals surface area contributed by atoms with Crippen LogP contribution in [0.4, 0.5) is 0 Å². The molecule has 0 aromatic carbocycles. The van der Waals surface area contributed by atoms with Crippen LogP contribution in [0.15, 0.2) is 0 Å². The molecular weight excluding hydrogens is 226 g/mol. The first kappa shape index (κ1) is 15.4. The molecule has 104 valence electrons. The van der Waals surface area contributed by atoms with Gasteiger partial charge in [-0.15, -0.1) is 0 Å². The zero-order valence-electron chi connectivity index (χ0n) is 12.4. The fraction of sp³-hybridized carbons (Fsp3) is 0.929. The number of nitriles is 1. The third-order valence-corrected chi connectivity index (χ3v) is 3.45. The molecule has 3 atom stereocenters. The molecule has 0 amide bonds. The Balaban J connectivity index is 2.56. The van der Waals surface area contributed by atoms with Crippen LogP contribution >= 0.6 is 0 Å². The van der Waals surface area contributed by atoms with Crippen LogP contribution in [0.1, 0.15) is 41.0 Å². The molecule has 0 aromatic rings. The first-order valence-electron chi connectivity index (χ1n) is 6.91. The summed E-state index contributed by atoms with van der Waals surface area (Å²) in [6.45, 7) is 13.2. The second kappa shape index (κ2) is 6.51. The minimum absolute atomic E-state index is 0.299. The van der Waals surface area contributed by atoms with E-state index >= 15 is 0 Å². The van der Waals surface area contributed by atoms with Crippen molar-refractivity contribution in [2.45, 2.75) is 64.8 Å². The monoisotopic (exact) mass is 253 g/mol. The predicted molar refractivity (Wildman–Crippen MR) is 73.4 cm³/mol. The first-order valence-corrected chi connectivity index (χ1v) is 6.91. The average Bonchev–Trinajstić information content (AvgIpc) is 2.27. The number of nitrogens with zero attached hydrogens (tertiary/aromatic N) is 2. The van der Waals surface area contributed by atoms with Crippen molar-refractivity contribution in [3.05, 3.63) is 0 Å². The average molecular weight is 253 g/mol. The summed E-state index contributed by atoms with van der Waals surface area (Å²) in [5.74, 6) is 0. The van der Waals surface area contributed by atoms with E-state index in [0.29, 0.717) is 18.2 Å². The lowest BCUT2D eigenvalue weighted by atomic mass is 9.93. The summed E-state index contributed by atoms with van der Waals surface area (Å²) in [6.07, 6.45) is 1.14. The molecule has 4 heteroatoms. The highest BCUT2D eigenvalue weighted by molar-refractivity contribution is 5.06. The van der Waals surface area contributed by atoms with Gasteiger partial charge in [0.15, 0.2) is 0 Å². The number of rotatable bonds is 5. The number of hydrogen-bond donors (Lipinski definition) is 1. The molecule has 0 spiro atoms. The van der Waals surface area contributed by atoms with Gasteiger partial charge < -0.3 is 4.74 Å². The lowest BCUT2D eigenvalue weighted by Crippen LogP contribution is -2.52. The highest BCUT2D eigenvalue weighted by Gasteiger charge is 2.30. The van der Waals surface area contributed by atoms with Gasteiger partial charge in [-0.2, -0.15) is 5.26 Å². The van der Waals surface area contributed by atoms with E-state index in [9.17, 15) is 5.26 Å². The molecule has 0 bridgehead atoms. The van der Waals surface area contributed by atoms with Crippen molar-refractivity contribution >= 4 is 0 Å². The van der Waals surface area contributed by atoms with E-state index < -0.39 is 5.54 Å². The highest BCUT2D eigenvalue weighted by Crippen LogP contribution is 2.18. The molecule has 0 radical (unpaired) electrons. The summed E-state index contributed by atoms with van der Waals surface area (Å²) in [7, 11) is 0. The summed E-state index contributed by atoms with van der Waals surface area (Å²) in [5, 5.41) is 12.7. The molecule has 3 unspecified atom stereocenters. The van der Waals surface area contributed by atoms with Crippen LogP contribution < -0.4 is 5.32 Å². The molecular formula is C14H27N3O. The first-order chi connectivity index (χ1) is 8.36. The Labute approximate surface area is 111 Å². The second-order valence-corrected chi connectivity index (χ2v) is 5.97. The van der Waals surface area contributed by atoms with Gasteiger partial charge in [-0.1, -0.05) is 0 Å². The van der Waals surface area contributed by atoms with E-state index in [4.69, 9.17) is 4.74 Å². The van der Waals surface area contributed by atoms with Crippen LogP contribution in [-0.4, -0.2) is 48.3 Å². The van der Waals surface area contributed by atoms with Crippen LogP contribution in [0.3, 0.4) is 0 Å². The van der Waals surface area contributed by atoms with Crippen molar-refractivity contribution in [3.63, 3.8) is 0 Å². The summed E-state index contributed by atoms with van der Waals surface area (Å²) in [5.41, 5.74) is -0.449. The molecule has 0 aromatic heterocycles. The predicted octanol–water partition coefficient (Wildman–Crippen LogP) is 1.77. The second-order valence-electron chi connectivity index (χ2n) is 5.97. The van der Waals surface area contributed by atoms with Crippen LogP contribution in [0.5, 0.6) is 0 Å². The number of ether oxygens (including phenoxy) is 1. The van der Waals surface area contributed by atoms with Crippen molar-refractivity contribution in [3.8, 4) is 6.07 Å². The smallest absolute Gasteiger partial charge is 0.105 e. The van der Waals surface area contributed by atoms with Crippen LogP contribution in [0.25, 0.3) is 0 Å². The molecule has 0 aliphatic carbocycles. The topological polar surface area (TPSA) is 48.3 Å². The molecule has 1 rings (SSSR count). The van der Waals surface area contributed by atoms with E-state index in [1.54, 1.807) is 0 Å². The Kier molecular flexibility index (Phi) is 5.58. The third kappa shape index (κ3) is 4.56. The largest absolute Gasteiger partial charge is 0.376 e. The Hall–Kier alpha value is -0.630. The molecule has 1 heterocycles. The van der Waals surface area contributed by atoms with E-state index in [2.05, 4.69) is 44.0 Å². The van der Waals surface area contributed by atoms with Gasteiger partial charge in [0, 0.05) is 25.2 Å². The Morgan fingerprint density at radius 3 is 2.67 bits per heavy atom. The van der Waals surface area contributed by atoms with Crippen molar-refractivity contribution in [1.29, 1.82) is 5.26 Å². The van der Waals surface area contributed by atoms with Gasteiger partial charge in [-0.3, -0.25) is 10.2 Å². The zero-order chi connectivity index (χ0) is 13.8. The van der Waals surface area contributed by atoms with E-state index in [1.165, 1.54) is 0 Å². The summed E-state index contributed by atoms with van der Waals surface area (Å²) in [4.78, 5) is 2.42. The van der Waals surface area contributed by atoms with Gasteiger partial charge in [0.05, 0.1) is 18.8 Å². The maximum absolute atomic E-state index is 9.38. The number of morpholine rings is 1. The van der Waals surface area contributed by atoms with Crippen molar-refractivity contribution < 1.29 is 4.74 Å². The summed E-state index contributed by atoms with van der Waals surface area (Å²) >= 11 is 0. The third-order valence-electron chi connectivity index (χ3n) is 3.45. The van der Waals surface area contributed by atoms with Gasteiger partial charge in [0.1, 0.15) is 5.54 Å². The molecule has 0 saturated carbocycles. The SMILES string of the molecule is CC(C)NC(C)(C#N)CC(C)N1CCOC(C)C1. The maximum Gasteiger partial charge on any atom is 0.105 e. The highest BCUT2D eigenvalue weighted by atomic mass is 16.5. The van der Waals surface area contributed by atoms with Gasteiger partial charge in [0.2, 0.25) is 0 Å². The van der Waals surface area contributed by atoms with Gasteiger partial charge in [0.25, 0.3) is 0 Å². The quantitative estimate of drug-likeness (QED) is 0.811. The molecule has 18 heavy (non-hydrogen) atoms.